The van der Waals surface area contributed by atoms with Crippen LogP contribution in [0.5, 0.6) is 5.75 Å². The Morgan fingerprint density at radius 3 is 2.34 bits per heavy atom. The van der Waals surface area contributed by atoms with Crippen molar-refractivity contribution < 1.29 is 37.4 Å². The molecule has 0 aliphatic rings. The van der Waals surface area contributed by atoms with Gasteiger partial charge in [0.05, 0.1) is 44.4 Å². The Morgan fingerprint density at radius 2 is 1.68 bits per heavy atom. The average Bonchev–Trinajstić information content (AvgIpc) is 3.54. The third kappa shape index (κ3) is 10.1. The van der Waals surface area contributed by atoms with Crippen LogP contribution in [0.15, 0.2) is 83.5 Å². The Morgan fingerprint density at radius 1 is 0.979 bits per heavy atom. The molecule has 13 nitrogen and oxygen atoms in total. The van der Waals surface area contributed by atoms with Gasteiger partial charge in [-0.2, -0.15) is 0 Å². The lowest BCUT2D eigenvalue weighted by Crippen LogP contribution is -2.48. The van der Waals surface area contributed by atoms with Gasteiger partial charge in [-0.3, -0.25) is 13.9 Å². The first kappa shape index (κ1) is 35.1. The van der Waals surface area contributed by atoms with Crippen molar-refractivity contribution in [2.24, 2.45) is 0 Å². The lowest BCUT2D eigenvalue weighted by molar-refractivity contribution is 0.0830. The van der Waals surface area contributed by atoms with Gasteiger partial charge in [-0.15, -0.1) is 0 Å². The lowest BCUT2D eigenvalue weighted by atomic mass is 10.00. The zero-order valence-corrected chi connectivity index (χ0v) is 27.2. The Hall–Kier alpha value is -4.76. The van der Waals surface area contributed by atoms with Gasteiger partial charge in [-0.1, -0.05) is 42.5 Å². The summed E-state index contributed by atoms with van der Waals surface area (Å²) in [6.45, 7) is 0.167. The van der Waals surface area contributed by atoms with Crippen molar-refractivity contribution >= 4 is 27.5 Å². The van der Waals surface area contributed by atoms with Gasteiger partial charge in [0.25, 0.3) is 11.8 Å². The normalized spacial score (nSPS) is 12.6. The predicted molar refractivity (Wildman–Crippen MR) is 175 cm³/mol. The number of hydrogen-bond acceptors (Lipinski definition) is 10. The molecule has 1 aromatic heterocycles. The molecule has 2 atom stereocenters. The maximum Gasteiger partial charge on any atom is 0.251 e. The number of rotatable bonds is 16. The minimum Gasteiger partial charge on any atom is -0.497 e. The summed E-state index contributed by atoms with van der Waals surface area (Å²) < 4.78 is 36.2. The highest BCUT2D eigenvalue weighted by Crippen LogP contribution is 2.22. The maximum atomic E-state index is 13.7. The van der Waals surface area contributed by atoms with E-state index in [1.54, 1.807) is 7.11 Å². The van der Waals surface area contributed by atoms with E-state index in [0.29, 0.717) is 24.4 Å². The number of hydrogen-bond donors (Lipinski definition) is 5. The van der Waals surface area contributed by atoms with Crippen LogP contribution in [0.4, 0.5) is 5.69 Å². The first-order valence-electron chi connectivity index (χ1n) is 14.7. The molecule has 2 amide bonds. The molecule has 0 unspecified atom stereocenters. The molecular formula is C33H39N5O8S. The highest BCUT2D eigenvalue weighted by molar-refractivity contribution is 7.92. The topological polar surface area (TPSA) is 183 Å². The van der Waals surface area contributed by atoms with E-state index < -0.39 is 34.0 Å². The minimum absolute atomic E-state index is 0.0106. The zero-order valence-electron chi connectivity index (χ0n) is 26.3. The number of aliphatic hydroxyl groups excluding tert-OH is 2. The van der Waals surface area contributed by atoms with Gasteiger partial charge in [0.2, 0.25) is 15.9 Å². The minimum atomic E-state index is -3.75. The predicted octanol–water partition coefficient (Wildman–Crippen LogP) is 1.99. The first-order valence-corrected chi connectivity index (χ1v) is 16.6. The molecular weight excluding hydrogens is 626 g/mol. The van der Waals surface area contributed by atoms with Crippen LogP contribution < -0.4 is 25.0 Å². The number of methoxy groups -OCH3 is 1. The number of amides is 2. The summed E-state index contributed by atoms with van der Waals surface area (Å²) in [6.07, 6.45) is 1.56. The quantitative estimate of drug-likeness (QED) is 0.119. The molecule has 4 rings (SSSR count). The number of oxazole rings is 1. The van der Waals surface area contributed by atoms with Crippen molar-refractivity contribution in [1.29, 1.82) is 0 Å². The summed E-state index contributed by atoms with van der Waals surface area (Å²) in [6, 6.07) is 20.2. The van der Waals surface area contributed by atoms with E-state index in [1.807, 2.05) is 54.6 Å². The van der Waals surface area contributed by atoms with Crippen molar-refractivity contribution in [2.75, 3.05) is 31.3 Å². The highest BCUT2D eigenvalue weighted by atomic mass is 32.2. The molecule has 1 heterocycles. The van der Waals surface area contributed by atoms with Crippen LogP contribution in [-0.4, -0.2) is 74.5 Å². The molecule has 0 fully saturated rings. The number of carbonyl (C=O) groups is 2. The second-order valence-electron chi connectivity index (χ2n) is 10.9. The number of anilines is 1. The number of carbonyl (C=O) groups excluding carboxylic acids is 2. The largest absolute Gasteiger partial charge is 0.497 e. The van der Waals surface area contributed by atoms with Crippen molar-refractivity contribution in [1.82, 2.24) is 20.9 Å². The molecule has 0 aliphatic carbocycles. The number of aromatic nitrogens is 1. The molecule has 14 heteroatoms. The fraction of sp³-hybridized carbons (Fsp3) is 0.303. The van der Waals surface area contributed by atoms with Gasteiger partial charge < -0.3 is 35.3 Å². The number of nitrogens with zero attached hydrogens (tertiary/aromatic N) is 2. The van der Waals surface area contributed by atoms with E-state index >= 15 is 0 Å². The fourth-order valence-corrected chi connectivity index (χ4v) is 5.19. The lowest BCUT2D eigenvalue weighted by Gasteiger charge is -2.25. The smallest absolute Gasteiger partial charge is 0.251 e. The van der Waals surface area contributed by atoms with Gasteiger partial charge in [-0.05, 0) is 47.9 Å². The van der Waals surface area contributed by atoms with Gasteiger partial charge in [0.1, 0.15) is 17.7 Å². The van der Waals surface area contributed by atoms with Crippen LogP contribution in [0.1, 0.15) is 43.4 Å². The number of ether oxygens (including phenoxy) is 1. The molecule has 47 heavy (non-hydrogen) atoms. The van der Waals surface area contributed by atoms with Crippen LogP contribution in [-0.2, 0) is 36.1 Å². The zero-order chi connectivity index (χ0) is 34.0. The highest BCUT2D eigenvalue weighted by Gasteiger charge is 2.25. The second kappa shape index (κ2) is 16.2. The van der Waals surface area contributed by atoms with E-state index in [1.165, 1.54) is 31.5 Å². The summed E-state index contributed by atoms with van der Waals surface area (Å²) in [7, 11) is -0.846. The molecule has 250 valence electrons. The summed E-state index contributed by atoms with van der Waals surface area (Å²) >= 11 is 0. The number of sulfonamides is 1. The molecule has 5 N–H and O–H groups in total. The molecule has 0 spiro atoms. The molecule has 3 aromatic carbocycles. The molecule has 4 aromatic rings. The van der Waals surface area contributed by atoms with Crippen molar-refractivity contribution in [3.63, 3.8) is 0 Å². The standard InChI is InChI=1S/C33H39N5O8S/c1-38(47(3,43)44)27-15-24(32(41)35-19-31-36-26(20-39)21-46-31)14-25(16-27)33(42)37-29(13-22-8-5-4-6-9-22)30(40)18-34-17-23-10-7-11-28(12-23)45-2/h4-12,14-16,21,29-30,34,39-40H,13,17-20H2,1-3H3,(H,35,41)(H,37,42)/t29-,30+/m0/s1. The summed E-state index contributed by atoms with van der Waals surface area (Å²) in [5.74, 6) is -0.364. The first-order chi connectivity index (χ1) is 22.5. The molecule has 0 saturated heterocycles. The van der Waals surface area contributed by atoms with E-state index in [-0.39, 0.29) is 42.4 Å². The van der Waals surface area contributed by atoms with E-state index in [4.69, 9.17) is 9.15 Å². The molecule has 0 bridgehead atoms. The van der Waals surface area contributed by atoms with Gasteiger partial charge in [0, 0.05) is 31.3 Å². The van der Waals surface area contributed by atoms with Crippen LogP contribution in [0.3, 0.4) is 0 Å². The van der Waals surface area contributed by atoms with Crippen molar-refractivity contribution in [3.8, 4) is 5.75 Å². The van der Waals surface area contributed by atoms with Crippen molar-refractivity contribution in [3.05, 3.63) is 113 Å². The Bertz CT molecular complexity index is 1760. The van der Waals surface area contributed by atoms with Gasteiger partial charge in [-0.25, -0.2) is 13.4 Å². The summed E-state index contributed by atoms with van der Waals surface area (Å²) in [5.41, 5.74) is 2.24. The number of benzene rings is 3. The fourth-order valence-electron chi connectivity index (χ4n) is 4.70. The van der Waals surface area contributed by atoms with Gasteiger partial charge in [0.15, 0.2) is 0 Å². The Labute approximate surface area is 273 Å². The monoisotopic (exact) mass is 665 g/mol. The number of aliphatic hydroxyl groups is 2. The Kier molecular flexibility index (Phi) is 12.1. The van der Waals surface area contributed by atoms with Crippen LogP contribution >= 0.6 is 0 Å². The average molecular weight is 666 g/mol. The van der Waals surface area contributed by atoms with Gasteiger partial charge >= 0.3 is 0 Å². The van der Waals surface area contributed by atoms with Crippen LogP contribution in [0, 0.1) is 0 Å². The van der Waals surface area contributed by atoms with Crippen LogP contribution in [0.25, 0.3) is 0 Å². The second-order valence-corrected chi connectivity index (χ2v) is 12.9. The van der Waals surface area contributed by atoms with E-state index in [2.05, 4.69) is 20.9 Å². The van der Waals surface area contributed by atoms with Crippen molar-refractivity contribution in [2.45, 2.75) is 38.3 Å². The molecule has 0 saturated carbocycles. The Balaban J connectivity index is 1.55. The third-order valence-electron chi connectivity index (χ3n) is 7.36. The van der Waals surface area contributed by atoms with E-state index in [0.717, 1.165) is 21.7 Å². The third-order valence-corrected chi connectivity index (χ3v) is 8.57. The molecule has 0 aliphatic heterocycles. The van der Waals surface area contributed by atoms with Crippen LogP contribution in [0.2, 0.25) is 0 Å². The number of nitrogens with one attached hydrogen (secondary N) is 3. The summed E-state index contributed by atoms with van der Waals surface area (Å²) in [4.78, 5) is 30.9. The molecule has 0 radical (unpaired) electrons. The van der Waals surface area contributed by atoms with E-state index in [9.17, 15) is 28.2 Å². The maximum absolute atomic E-state index is 13.7. The summed E-state index contributed by atoms with van der Waals surface area (Å²) in [5, 5.41) is 29.2. The SMILES string of the molecule is COc1cccc(CNC[C@@H](O)[C@H](Cc2ccccc2)NC(=O)c2cc(C(=O)NCc3nc(CO)co3)cc(N(C)S(C)(=O)=O)c2)c1.